The van der Waals surface area contributed by atoms with Crippen molar-refractivity contribution in [1.29, 1.82) is 0 Å². The van der Waals surface area contributed by atoms with Gasteiger partial charge in [0.1, 0.15) is 23.9 Å². The third kappa shape index (κ3) is 10.5. The highest BCUT2D eigenvalue weighted by Crippen LogP contribution is 2.16. The molecule has 0 radical (unpaired) electrons. The van der Waals surface area contributed by atoms with Gasteiger partial charge in [0.05, 0.1) is 18.0 Å². The summed E-state index contributed by atoms with van der Waals surface area (Å²) >= 11 is 0. The number of aromatic nitrogens is 11. The molecule has 3 aromatic carbocycles. The predicted molar refractivity (Wildman–Crippen MR) is 205 cm³/mol. The van der Waals surface area contributed by atoms with Crippen molar-refractivity contribution in [2.24, 2.45) is 0 Å². The molecule has 0 bridgehead atoms. The minimum atomic E-state index is -0.471. The maximum Gasteiger partial charge on any atom is 0.313 e. The number of H-pyrrole nitrogens is 3. The molecule has 280 valence electrons. The number of ether oxygens (including phenoxy) is 1. The lowest BCUT2D eigenvalue weighted by Gasteiger charge is -2.00. The van der Waals surface area contributed by atoms with Crippen molar-refractivity contribution in [2.75, 3.05) is 12.3 Å². The van der Waals surface area contributed by atoms with E-state index in [1.165, 1.54) is 21.0 Å². The lowest BCUT2D eigenvalue weighted by atomic mass is 10.1. The van der Waals surface area contributed by atoms with Gasteiger partial charge < -0.3 is 10.5 Å². The van der Waals surface area contributed by atoms with Crippen molar-refractivity contribution in [1.82, 2.24) is 54.3 Å². The summed E-state index contributed by atoms with van der Waals surface area (Å²) in [6.45, 7) is 7.36. The molecule has 5 heterocycles. The van der Waals surface area contributed by atoms with Crippen LogP contribution in [-0.2, 0) is 9.53 Å². The van der Waals surface area contributed by atoms with Crippen LogP contribution in [0.3, 0.4) is 0 Å². The van der Waals surface area contributed by atoms with E-state index in [0.29, 0.717) is 52.7 Å². The third-order valence-corrected chi connectivity index (χ3v) is 7.46. The topological polar surface area (TPSA) is 237 Å². The highest BCUT2D eigenvalue weighted by Gasteiger charge is 2.12. The van der Waals surface area contributed by atoms with E-state index < -0.39 is 5.97 Å². The van der Waals surface area contributed by atoms with Crippen LogP contribution < -0.4 is 16.9 Å². The molecule has 0 saturated heterocycles. The zero-order valence-corrected chi connectivity index (χ0v) is 30.4. The van der Waals surface area contributed by atoms with Crippen molar-refractivity contribution in [3.8, 4) is 22.5 Å². The second-order valence-corrected chi connectivity index (χ2v) is 11.6. The molecule has 0 amide bonds. The van der Waals surface area contributed by atoms with Crippen LogP contribution in [0.4, 0.5) is 5.95 Å². The van der Waals surface area contributed by atoms with Crippen LogP contribution in [0.15, 0.2) is 113 Å². The molecule has 8 rings (SSSR count). The van der Waals surface area contributed by atoms with E-state index in [2.05, 4.69) is 50.2 Å². The third-order valence-electron chi connectivity index (χ3n) is 7.46. The first kappa shape index (κ1) is 38.7. The minimum absolute atomic E-state index is 0.125. The summed E-state index contributed by atoms with van der Waals surface area (Å²) in [6.07, 6.45) is -0.183. The average molecular weight is 743 g/mol. The van der Waals surface area contributed by atoms with Gasteiger partial charge in [-0.2, -0.15) is 19.6 Å². The minimum Gasteiger partial charge on any atom is -0.466 e. The van der Waals surface area contributed by atoms with Crippen LogP contribution in [0.2, 0.25) is 0 Å². The molecule has 17 nitrogen and oxygen atoms in total. The highest BCUT2D eigenvalue weighted by molar-refractivity contribution is 6.05. The molecule has 0 saturated carbocycles. The van der Waals surface area contributed by atoms with E-state index in [9.17, 15) is 19.2 Å². The van der Waals surface area contributed by atoms with Gasteiger partial charge in [-0.3, -0.25) is 29.4 Å². The van der Waals surface area contributed by atoms with Gasteiger partial charge in [0, 0.05) is 28.8 Å². The van der Waals surface area contributed by atoms with Gasteiger partial charge in [-0.05, 0) is 27.7 Å². The normalized spacial score (nSPS) is 10.3. The van der Waals surface area contributed by atoms with E-state index in [0.717, 1.165) is 17.0 Å². The molecule has 0 spiro atoms. The van der Waals surface area contributed by atoms with Crippen LogP contribution in [0, 0.1) is 20.8 Å². The summed E-state index contributed by atoms with van der Waals surface area (Å²) < 4.78 is 7.46. The maximum absolute atomic E-state index is 11.9. The zero-order chi connectivity index (χ0) is 39.3. The number of Topliss-reactive ketones (excluding diaryl/α,β-unsaturated/α-hetero) is 1. The number of hydrogen-bond donors (Lipinski definition) is 4. The fraction of sp³-hybridized carbons (Fsp3) is 0.158. The van der Waals surface area contributed by atoms with Gasteiger partial charge in [-0.25, -0.2) is 19.5 Å². The van der Waals surface area contributed by atoms with E-state index in [-0.39, 0.29) is 23.3 Å². The smallest absolute Gasteiger partial charge is 0.313 e. The van der Waals surface area contributed by atoms with Gasteiger partial charge in [0.15, 0.2) is 5.78 Å². The van der Waals surface area contributed by atoms with Gasteiger partial charge in [-0.15, -0.1) is 5.10 Å². The number of nitrogens with one attached hydrogen (secondary N) is 3. The first-order chi connectivity index (χ1) is 26.5. The van der Waals surface area contributed by atoms with Gasteiger partial charge in [0.2, 0.25) is 11.7 Å². The first-order valence-electron chi connectivity index (χ1n) is 16.9. The summed E-state index contributed by atoms with van der Waals surface area (Å²) in [5.41, 5.74) is 8.50. The summed E-state index contributed by atoms with van der Waals surface area (Å²) in [5.74, 6) is 2.51. The monoisotopic (exact) mass is 742 g/mol. The molecule has 0 atom stereocenters. The Morgan fingerprint density at radius 1 is 0.709 bits per heavy atom. The number of nitrogens with zero attached hydrogens (tertiary/aromatic N) is 8. The number of esters is 1. The molecular weight excluding hydrogens is 704 g/mol. The Labute approximate surface area is 313 Å². The number of nitrogen functional groups attached to an aromatic ring is 1. The number of fused-ring (bicyclic) bond motifs is 2. The number of ketones is 1. The number of aryl methyl sites for hydroxylation is 3. The fourth-order valence-corrected chi connectivity index (χ4v) is 4.98. The van der Waals surface area contributed by atoms with Crippen LogP contribution in [0.1, 0.15) is 41.2 Å². The van der Waals surface area contributed by atoms with E-state index >= 15 is 0 Å². The van der Waals surface area contributed by atoms with Crippen molar-refractivity contribution in [2.45, 2.75) is 34.1 Å². The molecule has 5 aromatic heterocycles. The molecule has 0 fully saturated rings. The summed E-state index contributed by atoms with van der Waals surface area (Å²) in [7, 11) is 0. The second kappa shape index (κ2) is 18.3. The zero-order valence-electron chi connectivity index (χ0n) is 30.4. The molecule has 0 aliphatic carbocycles. The van der Waals surface area contributed by atoms with Crippen molar-refractivity contribution in [3.05, 3.63) is 147 Å². The lowest BCUT2D eigenvalue weighted by molar-refractivity contribution is -0.141. The number of anilines is 1. The second-order valence-electron chi connectivity index (χ2n) is 11.6. The van der Waals surface area contributed by atoms with E-state index in [1.54, 1.807) is 52.0 Å². The highest BCUT2D eigenvalue weighted by atomic mass is 16.5. The standard InChI is InChI=1S/2C12H10N4O.C11H12O3.C3H6N4/c1-8-14-15-12-13-10(7-11(17)16(8)12)9-5-3-2-4-6-9;1-8-13-12-14-10(7-11(17)16(12)15-8)9-5-3-2-4-6-9;1-2-14-11(13)8-10(12)9-6-4-3-5-7-9;1-2-5-3(4)7-6-2/h2-7H,1H3,(H,13,15);2-7H,1H3,(H,13,14,15);3-7H,2,8H2,1H3;1H3,(H3,4,5,6,7). The summed E-state index contributed by atoms with van der Waals surface area (Å²) in [4.78, 5) is 62.8. The van der Waals surface area contributed by atoms with Crippen LogP contribution >= 0.6 is 0 Å². The summed E-state index contributed by atoms with van der Waals surface area (Å²) in [6, 6.07) is 30.9. The van der Waals surface area contributed by atoms with E-state index in [4.69, 9.17) is 5.73 Å². The number of hydrogen-bond acceptors (Lipinski definition) is 12. The number of benzene rings is 3. The van der Waals surface area contributed by atoms with Crippen molar-refractivity contribution in [3.63, 3.8) is 0 Å². The number of carbonyl (C=O) groups is 2. The largest absolute Gasteiger partial charge is 0.466 e. The van der Waals surface area contributed by atoms with Gasteiger partial charge in [0.25, 0.3) is 16.9 Å². The quantitative estimate of drug-likeness (QED) is 0.106. The molecule has 55 heavy (non-hydrogen) atoms. The summed E-state index contributed by atoms with van der Waals surface area (Å²) in [5, 5.41) is 15.7. The van der Waals surface area contributed by atoms with Crippen LogP contribution in [-0.4, -0.2) is 72.7 Å². The Bertz CT molecular complexity index is 2550. The Balaban J connectivity index is 0.000000146. The van der Waals surface area contributed by atoms with Crippen molar-refractivity contribution >= 4 is 29.3 Å². The molecule has 8 aromatic rings. The SMILES string of the molecule is CCOC(=O)CC(=O)c1ccccc1.Cc1n[nH]c2nc(-c3ccccc3)cc(=O)n12.Cc1nc(N)n[nH]1.Cc1nc2nc(-c3ccccc3)cc(=O)n2[nH]1. The van der Waals surface area contributed by atoms with Gasteiger partial charge in [-0.1, -0.05) is 91.0 Å². The molecule has 0 aliphatic rings. The van der Waals surface area contributed by atoms with E-state index in [1.807, 2.05) is 66.7 Å². The molecule has 5 N–H and O–H groups in total. The fourth-order valence-electron chi connectivity index (χ4n) is 4.98. The molecule has 0 unspecified atom stereocenters. The van der Waals surface area contributed by atoms with Crippen molar-refractivity contribution < 1.29 is 14.3 Å². The number of rotatable bonds is 6. The Hall–Kier alpha value is -7.56. The first-order valence-corrected chi connectivity index (χ1v) is 16.9. The van der Waals surface area contributed by atoms with Crippen LogP contribution in [0.25, 0.3) is 34.1 Å². The number of nitrogens with two attached hydrogens (primary N) is 1. The average Bonchev–Trinajstić information content (AvgIpc) is 3.90. The molecule has 17 heteroatoms. The Morgan fingerprint density at radius 3 is 1.84 bits per heavy atom. The molecular formula is C38H38N12O5. The lowest BCUT2D eigenvalue weighted by Crippen LogP contribution is -2.14. The number of aromatic amines is 3. The Morgan fingerprint density at radius 2 is 1.29 bits per heavy atom. The number of carbonyl (C=O) groups excluding carboxylic acids is 2. The Kier molecular flexibility index (Phi) is 12.8. The maximum atomic E-state index is 11.9. The van der Waals surface area contributed by atoms with Crippen LogP contribution in [0.5, 0.6) is 0 Å². The predicted octanol–water partition coefficient (Wildman–Crippen LogP) is 4.30. The van der Waals surface area contributed by atoms with Gasteiger partial charge >= 0.3 is 5.97 Å². The molecule has 0 aliphatic heterocycles.